The summed E-state index contributed by atoms with van der Waals surface area (Å²) in [5.41, 5.74) is -4.10. The quantitative estimate of drug-likeness (QED) is 0.755. The molecule has 0 aromatic heterocycles. The molecule has 1 aliphatic rings. The number of likely N-dealkylation sites (tertiary alicyclic amines) is 1. The molecule has 6 heteroatoms. The summed E-state index contributed by atoms with van der Waals surface area (Å²) in [6.07, 6.45) is 2.29. The van der Waals surface area contributed by atoms with Crippen LogP contribution in [0.2, 0.25) is 0 Å². The number of alkyl halides is 3. The molecule has 0 aromatic rings. The van der Waals surface area contributed by atoms with Crippen LogP contribution in [0.5, 0.6) is 0 Å². The summed E-state index contributed by atoms with van der Waals surface area (Å²) in [4.78, 5) is 2.42. The number of hydrogen-bond donors (Lipinski definition) is 1. The lowest BCUT2D eigenvalue weighted by Gasteiger charge is -2.34. The zero-order valence-corrected chi connectivity index (χ0v) is 11.9. The topological polar surface area (TPSA) is 15.3 Å². The van der Waals surface area contributed by atoms with E-state index in [0.717, 1.165) is 32.5 Å². The molecule has 0 aromatic carbocycles. The average molecular weight is 284 g/mol. The molecule has 2 nitrogen and oxygen atoms in total. The van der Waals surface area contributed by atoms with E-state index < -0.39 is 5.51 Å². The Balaban J connectivity index is 2.12. The molecular weight excluding hydrogens is 261 g/mol. The number of nitrogens with one attached hydrogen (secondary N) is 1. The first-order valence-corrected chi connectivity index (χ1v) is 7.57. The van der Waals surface area contributed by atoms with Gasteiger partial charge in [0.2, 0.25) is 0 Å². The van der Waals surface area contributed by atoms with Crippen LogP contribution in [0.3, 0.4) is 0 Å². The van der Waals surface area contributed by atoms with E-state index >= 15 is 0 Å². The fraction of sp³-hybridized carbons (Fsp3) is 1.00. The van der Waals surface area contributed by atoms with Gasteiger partial charge in [0.15, 0.2) is 0 Å². The van der Waals surface area contributed by atoms with E-state index in [1.807, 2.05) is 0 Å². The first-order valence-electron chi connectivity index (χ1n) is 6.58. The van der Waals surface area contributed by atoms with Crippen LogP contribution in [0.1, 0.15) is 26.7 Å². The van der Waals surface area contributed by atoms with Crippen LogP contribution in [0.4, 0.5) is 13.2 Å². The lowest BCUT2D eigenvalue weighted by Crippen LogP contribution is -2.42. The zero-order valence-electron chi connectivity index (χ0n) is 11.1. The summed E-state index contributed by atoms with van der Waals surface area (Å²) in [5, 5.41) is 3.22. The molecule has 0 aliphatic carbocycles. The monoisotopic (exact) mass is 284 g/mol. The summed E-state index contributed by atoms with van der Waals surface area (Å²) >= 11 is 0.0555. The Morgan fingerprint density at radius 1 is 1.33 bits per heavy atom. The molecule has 1 unspecified atom stereocenters. The number of rotatable bonds is 6. The third-order valence-electron chi connectivity index (χ3n) is 3.62. The minimum atomic E-state index is -4.10. The van der Waals surface area contributed by atoms with Crippen molar-refractivity contribution in [3.8, 4) is 0 Å². The molecule has 0 spiro atoms. The van der Waals surface area contributed by atoms with Gasteiger partial charge in [-0.1, -0.05) is 6.92 Å². The van der Waals surface area contributed by atoms with Crippen LogP contribution in [0.25, 0.3) is 0 Å². The van der Waals surface area contributed by atoms with Crippen molar-refractivity contribution in [2.45, 2.75) is 38.2 Å². The number of hydrogen-bond acceptors (Lipinski definition) is 3. The standard InChI is InChI=1S/C12H23F3N2S/c1-3-17-7-4-11(5-8-17)10(2)16-6-9-18-12(13,14)15/h10-11,16H,3-9H2,1-2H3. The van der Waals surface area contributed by atoms with Crippen molar-refractivity contribution in [1.29, 1.82) is 0 Å². The van der Waals surface area contributed by atoms with Crippen molar-refractivity contribution < 1.29 is 13.2 Å². The predicted molar refractivity (Wildman–Crippen MR) is 70.8 cm³/mol. The van der Waals surface area contributed by atoms with Gasteiger partial charge in [0.05, 0.1) is 0 Å². The molecule has 0 radical (unpaired) electrons. The van der Waals surface area contributed by atoms with Crippen LogP contribution in [-0.2, 0) is 0 Å². The second-order valence-corrected chi connectivity index (χ2v) is 5.97. The smallest absolute Gasteiger partial charge is 0.313 e. The van der Waals surface area contributed by atoms with Gasteiger partial charge >= 0.3 is 5.51 Å². The van der Waals surface area contributed by atoms with Gasteiger partial charge < -0.3 is 10.2 Å². The largest absolute Gasteiger partial charge is 0.441 e. The average Bonchev–Trinajstić information content (AvgIpc) is 2.33. The fourth-order valence-electron chi connectivity index (χ4n) is 2.39. The van der Waals surface area contributed by atoms with Crippen LogP contribution in [-0.4, -0.2) is 48.4 Å². The summed E-state index contributed by atoms with van der Waals surface area (Å²) in [6, 6.07) is 0.317. The second kappa shape index (κ2) is 7.60. The summed E-state index contributed by atoms with van der Waals surface area (Å²) < 4.78 is 35.8. The first-order chi connectivity index (χ1) is 8.42. The van der Waals surface area contributed by atoms with Crippen molar-refractivity contribution in [1.82, 2.24) is 10.2 Å². The van der Waals surface area contributed by atoms with Crippen LogP contribution >= 0.6 is 11.8 Å². The van der Waals surface area contributed by atoms with Crippen LogP contribution in [0, 0.1) is 5.92 Å². The summed E-state index contributed by atoms with van der Waals surface area (Å²) in [7, 11) is 0. The summed E-state index contributed by atoms with van der Waals surface area (Å²) in [6.45, 7) is 8.01. The zero-order chi connectivity index (χ0) is 13.6. The van der Waals surface area contributed by atoms with Gasteiger partial charge in [-0.3, -0.25) is 0 Å². The molecule has 1 rings (SSSR count). The van der Waals surface area contributed by atoms with Gasteiger partial charge in [0.1, 0.15) is 0 Å². The highest BCUT2D eigenvalue weighted by molar-refractivity contribution is 8.00. The molecular formula is C12H23F3N2S. The highest BCUT2D eigenvalue weighted by atomic mass is 32.2. The van der Waals surface area contributed by atoms with Crippen molar-refractivity contribution in [2.75, 3.05) is 31.9 Å². The van der Waals surface area contributed by atoms with Gasteiger partial charge in [-0.05, 0) is 57.1 Å². The minimum absolute atomic E-state index is 0.0555. The Morgan fingerprint density at radius 2 is 1.94 bits per heavy atom. The molecule has 1 heterocycles. The van der Waals surface area contributed by atoms with Gasteiger partial charge in [-0.15, -0.1) is 0 Å². The van der Waals surface area contributed by atoms with E-state index in [9.17, 15) is 13.2 Å². The Labute approximate surface area is 112 Å². The SMILES string of the molecule is CCN1CCC(C(C)NCCSC(F)(F)F)CC1. The lowest BCUT2D eigenvalue weighted by atomic mass is 9.90. The van der Waals surface area contributed by atoms with E-state index in [1.54, 1.807) is 0 Å². The molecule has 18 heavy (non-hydrogen) atoms. The maximum Gasteiger partial charge on any atom is 0.441 e. The molecule has 108 valence electrons. The van der Waals surface area contributed by atoms with Crippen molar-refractivity contribution >= 4 is 11.8 Å². The van der Waals surface area contributed by atoms with E-state index in [0.29, 0.717) is 18.5 Å². The molecule has 0 saturated carbocycles. The Hall–Kier alpha value is 0.0600. The number of nitrogens with zero attached hydrogens (tertiary/aromatic N) is 1. The molecule has 0 bridgehead atoms. The van der Waals surface area contributed by atoms with Gasteiger partial charge in [0.25, 0.3) is 0 Å². The fourth-order valence-corrected chi connectivity index (χ4v) is 2.84. The van der Waals surface area contributed by atoms with E-state index in [1.165, 1.54) is 0 Å². The van der Waals surface area contributed by atoms with Crippen molar-refractivity contribution in [2.24, 2.45) is 5.92 Å². The third-order valence-corrected chi connectivity index (χ3v) is 4.36. The maximum atomic E-state index is 11.9. The highest BCUT2D eigenvalue weighted by Crippen LogP contribution is 2.29. The molecule has 1 aliphatic heterocycles. The first kappa shape index (κ1) is 16.1. The summed E-state index contributed by atoms with van der Waals surface area (Å²) in [5.74, 6) is 0.699. The van der Waals surface area contributed by atoms with Gasteiger partial charge in [-0.25, -0.2) is 0 Å². The van der Waals surface area contributed by atoms with Crippen LogP contribution < -0.4 is 5.32 Å². The van der Waals surface area contributed by atoms with Gasteiger partial charge in [-0.2, -0.15) is 13.2 Å². The third kappa shape index (κ3) is 6.29. The van der Waals surface area contributed by atoms with Gasteiger partial charge in [0, 0.05) is 18.3 Å². The molecule has 1 fully saturated rings. The normalized spacial score (nSPS) is 21.2. The van der Waals surface area contributed by atoms with E-state index in [2.05, 4.69) is 24.1 Å². The maximum absolute atomic E-state index is 11.9. The molecule has 1 N–H and O–H groups in total. The molecule has 1 atom stereocenters. The lowest BCUT2D eigenvalue weighted by molar-refractivity contribution is -0.0327. The number of thioether (sulfide) groups is 1. The Kier molecular flexibility index (Phi) is 6.81. The molecule has 0 amide bonds. The van der Waals surface area contributed by atoms with E-state index in [-0.39, 0.29) is 17.5 Å². The minimum Gasteiger partial charge on any atom is -0.313 e. The van der Waals surface area contributed by atoms with Crippen molar-refractivity contribution in [3.05, 3.63) is 0 Å². The van der Waals surface area contributed by atoms with E-state index in [4.69, 9.17) is 0 Å². The number of piperidine rings is 1. The Morgan fingerprint density at radius 3 is 2.44 bits per heavy atom. The second-order valence-electron chi connectivity index (χ2n) is 4.81. The van der Waals surface area contributed by atoms with Crippen molar-refractivity contribution in [3.63, 3.8) is 0 Å². The molecule has 1 saturated heterocycles. The predicted octanol–water partition coefficient (Wildman–Crippen LogP) is 2.95. The highest BCUT2D eigenvalue weighted by Gasteiger charge is 2.28. The number of halogens is 3. The van der Waals surface area contributed by atoms with Crippen LogP contribution in [0.15, 0.2) is 0 Å². The Bertz CT molecular complexity index is 228.